The van der Waals surface area contributed by atoms with E-state index in [0.717, 1.165) is 6.42 Å². The number of nitrogens with zero attached hydrogens (tertiary/aromatic N) is 1. The lowest BCUT2D eigenvalue weighted by atomic mass is 10.1. The Kier molecular flexibility index (Phi) is 5.97. The quantitative estimate of drug-likeness (QED) is 0.190. The van der Waals surface area contributed by atoms with Crippen molar-refractivity contribution in [3.05, 3.63) is 12.7 Å². The Labute approximate surface area is 79.5 Å². The fourth-order valence-corrected chi connectivity index (χ4v) is 1.22. The fourth-order valence-electron chi connectivity index (χ4n) is 1.22. The van der Waals surface area contributed by atoms with Crippen LogP contribution in [0, 0.1) is 0 Å². The fraction of sp³-hybridized carbons (Fsp3) is 0.667. The van der Waals surface area contributed by atoms with Crippen LogP contribution in [0.5, 0.6) is 0 Å². The third-order valence-electron chi connectivity index (χ3n) is 1.73. The van der Waals surface area contributed by atoms with Crippen LogP contribution in [0.3, 0.4) is 0 Å². The summed E-state index contributed by atoms with van der Waals surface area (Å²) in [5, 5.41) is 14.6. The normalized spacial score (nSPS) is 16.6. The molecule has 2 unspecified atom stereocenters. The third-order valence-corrected chi connectivity index (χ3v) is 1.73. The lowest BCUT2D eigenvalue weighted by molar-refractivity contribution is 0.315. The van der Waals surface area contributed by atoms with E-state index < -0.39 is 0 Å². The van der Waals surface area contributed by atoms with E-state index in [1.54, 1.807) is 0 Å². The molecule has 4 N–H and O–H groups in total. The van der Waals surface area contributed by atoms with Gasteiger partial charge in [-0.2, -0.15) is 0 Å². The second-order valence-corrected chi connectivity index (χ2v) is 3.29. The molecule has 0 spiro atoms. The summed E-state index contributed by atoms with van der Waals surface area (Å²) in [6, 6.07) is 0.588. The summed E-state index contributed by atoms with van der Waals surface area (Å²) in [6.07, 6.45) is 3.34. The molecule has 0 aromatic rings. The summed E-state index contributed by atoms with van der Waals surface area (Å²) >= 11 is 0. The minimum atomic E-state index is 0.214. The van der Waals surface area contributed by atoms with Gasteiger partial charge in [0.2, 0.25) is 0 Å². The van der Waals surface area contributed by atoms with Crippen molar-refractivity contribution in [1.82, 2.24) is 5.32 Å². The zero-order valence-electron chi connectivity index (χ0n) is 8.33. The third kappa shape index (κ3) is 6.16. The maximum atomic E-state index is 8.34. The molecular weight excluding hydrogens is 166 g/mol. The molecule has 2 atom stereocenters. The first-order valence-electron chi connectivity index (χ1n) is 4.43. The molecule has 0 radical (unpaired) electrons. The largest absolute Gasteiger partial charge is 0.409 e. The number of nitrogens with one attached hydrogen (secondary N) is 1. The summed E-state index contributed by atoms with van der Waals surface area (Å²) in [5.74, 6) is 0.255. The van der Waals surface area contributed by atoms with E-state index >= 15 is 0 Å². The van der Waals surface area contributed by atoms with Crippen LogP contribution in [0.1, 0.15) is 26.7 Å². The second kappa shape index (κ2) is 6.48. The average Bonchev–Trinajstić information content (AvgIpc) is 2.04. The van der Waals surface area contributed by atoms with Gasteiger partial charge in [0.05, 0.1) is 0 Å². The van der Waals surface area contributed by atoms with E-state index in [1.165, 1.54) is 0 Å². The maximum absolute atomic E-state index is 8.34. The molecule has 0 bridgehead atoms. The molecule has 0 heterocycles. The Balaban J connectivity index is 3.72. The Morgan fingerprint density at radius 1 is 1.62 bits per heavy atom. The number of hydrogen-bond acceptors (Lipinski definition) is 3. The highest BCUT2D eigenvalue weighted by molar-refractivity contribution is 5.80. The Hall–Kier alpha value is -1.03. The van der Waals surface area contributed by atoms with Crippen LogP contribution in [-0.4, -0.2) is 23.1 Å². The molecule has 0 aromatic carbocycles. The molecule has 0 fully saturated rings. The van der Waals surface area contributed by atoms with Crippen molar-refractivity contribution < 1.29 is 5.21 Å². The van der Waals surface area contributed by atoms with Gasteiger partial charge in [-0.05, 0) is 20.3 Å². The van der Waals surface area contributed by atoms with Crippen LogP contribution in [0.15, 0.2) is 17.8 Å². The van der Waals surface area contributed by atoms with Crippen molar-refractivity contribution in [1.29, 1.82) is 0 Å². The summed E-state index contributed by atoms with van der Waals surface area (Å²) < 4.78 is 0. The lowest BCUT2D eigenvalue weighted by Gasteiger charge is -2.17. The summed E-state index contributed by atoms with van der Waals surface area (Å²) in [6.45, 7) is 7.73. The zero-order chi connectivity index (χ0) is 10.3. The van der Waals surface area contributed by atoms with E-state index in [2.05, 4.69) is 24.0 Å². The Morgan fingerprint density at radius 2 is 2.23 bits per heavy atom. The van der Waals surface area contributed by atoms with E-state index in [9.17, 15) is 0 Å². The standard InChI is InChI=1S/C9H19N3O/c1-4-5-7(2)11-8(3)6-9(10)12-13/h4,7-8,11,13H,1,5-6H2,2-3H3,(H2,10,12). The summed E-state index contributed by atoms with van der Waals surface area (Å²) in [7, 11) is 0. The number of oxime groups is 1. The van der Waals surface area contributed by atoms with Gasteiger partial charge in [0.15, 0.2) is 0 Å². The smallest absolute Gasteiger partial charge is 0.140 e. The van der Waals surface area contributed by atoms with Gasteiger partial charge in [0, 0.05) is 18.5 Å². The van der Waals surface area contributed by atoms with Crippen molar-refractivity contribution in [3.8, 4) is 0 Å². The zero-order valence-corrected chi connectivity index (χ0v) is 8.33. The first-order valence-corrected chi connectivity index (χ1v) is 4.43. The van der Waals surface area contributed by atoms with Crippen molar-refractivity contribution in [2.75, 3.05) is 0 Å². The first-order chi connectivity index (χ1) is 6.10. The van der Waals surface area contributed by atoms with E-state index in [-0.39, 0.29) is 11.9 Å². The van der Waals surface area contributed by atoms with Crippen LogP contribution >= 0.6 is 0 Å². The maximum Gasteiger partial charge on any atom is 0.140 e. The highest BCUT2D eigenvalue weighted by Gasteiger charge is 2.07. The topological polar surface area (TPSA) is 70.6 Å². The molecule has 0 aliphatic rings. The highest BCUT2D eigenvalue weighted by Crippen LogP contribution is 1.97. The molecule has 0 saturated heterocycles. The van der Waals surface area contributed by atoms with E-state index in [4.69, 9.17) is 10.9 Å². The number of amidine groups is 1. The average molecular weight is 185 g/mol. The van der Waals surface area contributed by atoms with Crippen LogP contribution in [0.4, 0.5) is 0 Å². The predicted molar refractivity (Wildman–Crippen MR) is 54.9 cm³/mol. The molecule has 0 aliphatic carbocycles. The minimum absolute atomic E-state index is 0.214. The second-order valence-electron chi connectivity index (χ2n) is 3.29. The van der Waals surface area contributed by atoms with Crippen molar-refractivity contribution >= 4 is 5.84 Å². The number of rotatable bonds is 6. The van der Waals surface area contributed by atoms with Crippen LogP contribution in [0.25, 0.3) is 0 Å². The van der Waals surface area contributed by atoms with Gasteiger partial charge in [0.25, 0.3) is 0 Å². The monoisotopic (exact) mass is 185 g/mol. The number of hydrogen-bond donors (Lipinski definition) is 3. The van der Waals surface area contributed by atoms with E-state index in [1.807, 2.05) is 13.0 Å². The molecule has 0 amide bonds. The molecule has 0 rings (SSSR count). The van der Waals surface area contributed by atoms with Crippen LogP contribution in [0.2, 0.25) is 0 Å². The molecule has 0 saturated carbocycles. The molecule has 13 heavy (non-hydrogen) atoms. The van der Waals surface area contributed by atoms with Crippen molar-refractivity contribution in [2.24, 2.45) is 10.9 Å². The summed E-state index contributed by atoms with van der Waals surface area (Å²) in [4.78, 5) is 0. The molecule has 0 aliphatic heterocycles. The molecule has 4 heteroatoms. The molecular formula is C9H19N3O. The Morgan fingerprint density at radius 3 is 2.69 bits per heavy atom. The molecule has 0 aromatic heterocycles. The molecule has 4 nitrogen and oxygen atoms in total. The van der Waals surface area contributed by atoms with E-state index in [0.29, 0.717) is 12.5 Å². The number of nitrogens with two attached hydrogens (primary N) is 1. The molecule has 76 valence electrons. The highest BCUT2D eigenvalue weighted by atomic mass is 16.4. The van der Waals surface area contributed by atoms with Gasteiger partial charge in [0.1, 0.15) is 5.84 Å². The van der Waals surface area contributed by atoms with Gasteiger partial charge >= 0.3 is 0 Å². The predicted octanol–water partition coefficient (Wildman–Crippen LogP) is 1.07. The minimum Gasteiger partial charge on any atom is -0.409 e. The summed E-state index contributed by atoms with van der Waals surface area (Å²) in [5.41, 5.74) is 5.36. The first kappa shape index (κ1) is 12.0. The lowest BCUT2D eigenvalue weighted by Crippen LogP contribution is -2.37. The van der Waals surface area contributed by atoms with Gasteiger partial charge in [-0.1, -0.05) is 11.2 Å². The Bertz CT molecular complexity index is 180. The SMILES string of the molecule is C=CCC(C)NC(C)C/C(N)=N/O. The van der Waals surface area contributed by atoms with Crippen molar-refractivity contribution in [2.45, 2.75) is 38.8 Å². The van der Waals surface area contributed by atoms with Gasteiger partial charge in [-0.3, -0.25) is 0 Å². The van der Waals surface area contributed by atoms with Gasteiger partial charge in [-0.15, -0.1) is 6.58 Å². The van der Waals surface area contributed by atoms with Gasteiger partial charge < -0.3 is 16.3 Å². The van der Waals surface area contributed by atoms with Crippen molar-refractivity contribution in [3.63, 3.8) is 0 Å². The van der Waals surface area contributed by atoms with Gasteiger partial charge in [-0.25, -0.2) is 0 Å². The van der Waals surface area contributed by atoms with Crippen LogP contribution in [-0.2, 0) is 0 Å². The van der Waals surface area contributed by atoms with Crippen LogP contribution < -0.4 is 11.1 Å².